The van der Waals surface area contributed by atoms with Crippen LogP contribution in [0.1, 0.15) is 69.2 Å². The Morgan fingerprint density at radius 1 is 0.963 bits per heavy atom. The molecule has 3 aliphatic rings. The van der Waals surface area contributed by atoms with Gasteiger partial charge in [0.05, 0.1) is 11.0 Å². The van der Waals surface area contributed by atoms with E-state index in [4.69, 9.17) is 4.98 Å². The molecule has 4 nitrogen and oxygen atoms in total. The summed E-state index contributed by atoms with van der Waals surface area (Å²) in [6.07, 6.45) is 11.1. The highest BCUT2D eigenvalue weighted by Gasteiger charge is 2.29. The Morgan fingerprint density at radius 3 is 2.56 bits per heavy atom. The van der Waals surface area contributed by atoms with Crippen LogP contribution < -0.4 is 5.32 Å². The van der Waals surface area contributed by atoms with Crippen LogP contribution in [0.3, 0.4) is 0 Å². The number of aromatic nitrogens is 2. The highest BCUT2D eigenvalue weighted by atomic mass is 15.2. The maximum absolute atomic E-state index is 5.09. The van der Waals surface area contributed by atoms with Crippen molar-refractivity contribution in [2.45, 2.75) is 63.3 Å². The average Bonchev–Trinajstić information content (AvgIpc) is 3.37. The molecule has 0 radical (unpaired) electrons. The molecule has 1 aromatic carbocycles. The third-order valence-electron chi connectivity index (χ3n) is 7.21. The van der Waals surface area contributed by atoms with E-state index in [2.05, 4.69) is 39.0 Å². The number of rotatable bonds is 4. The molecule has 1 aromatic heterocycles. The quantitative estimate of drug-likeness (QED) is 0.874. The number of likely N-dealkylation sites (tertiary alicyclic amines) is 1. The van der Waals surface area contributed by atoms with Crippen LogP contribution in [0.2, 0.25) is 0 Å². The lowest BCUT2D eigenvalue weighted by Crippen LogP contribution is -2.38. The van der Waals surface area contributed by atoms with Crippen LogP contribution in [0.25, 0.3) is 11.0 Å². The van der Waals surface area contributed by atoms with E-state index in [1.54, 1.807) is 0 Å². The van der Waals surface area contributed by atoms with Crippen LogP contribution in [0, 0.1) is 5.92 Å². The molecular formula is C23H34N4. The largest absolute Gasteiger partial charge is 0.324 e. The van der Waals surface area contributed by atoms with Crippen molar-refractivity contribution in [2.75, 3.05) is 32.7 Å². The summed E-state index contributed by atoms with van der Waals surface area (Å²) in [5, 5.41) is 3.54. The van der Waals surface area contributed by atoms with Crippen LogP contribution in [0.5, 0.6) is 0 Å². The van der Waals surface area contributed by atoms with Gasteiger partial charge in [0.2, 0.25) is 0 Å². The Kier molecular flexibility index (Phi) is 5.19. The highest BCUT2D eigenvalue weighted by molar-refractivity contribution is 5.76. The standard InChI is InChI=1S/C23H34N4/c1-2-6-18(7-3-1)17-26-14-11-20(12-15-26)27-22-9-5-4-8-21(22)25-23(27)19-10-13-24-16-19/h4-5,8-9,18-20,24H,1-3,6-7,10-17H2. The Hall–Kier alpha value is -1.39. The van der Waals surface area contributed by atoms with Gasteiger partial charge >= 0.3 is 0 Å². The third kappa shape index (κ3) is 3.66. The minimum atomic E-state index is 0.581. The van der Waals surface area contributed by atoms with E-state index in [1.807, 2.05) is 0 Å². The molecule has 0 bridgehead atoms. The molecule has 1 aliphatic carbocycles. The fourth-order valence-corrected chi connectivity index (χ4v) is 5.70. The van der Waals surface area contributed by atoms with Crippen LogP contribution in [0.15, 0.2) is 24.3 Å². The molecule has 1 N–H and O–H groups in total. The number of fused-ring (bicyclic) bond motifs is 1. The van der Waals surface area contributed by atoms with Gasteiger partial charge < -0.3 is 14.8 Å². The second-order valence-electron chi connectivity index (χ2n) is 9.05. The van der Waals surface area contributed by atoms with E-state index in [-0.39, 0.29) is 0 Å². The average molecular weight is 367 g/mol. The molecule has 27 heavy (non-hydrogen) atoms. The van der Waals surface area contributed by atoms with E-state index in [0.717, 1.165) is 19.0 Å². The Morgan fingerprint density at radius 2 is 1.78 bits per heavy atom. The van der Waals surface area contributed by atoms with Gasteiger partial charge in [0.15, 0.2) is 0 Å². The molecule has 5 rings (SSSR count). The molecule has 146 valence electrons. The molecule has 0 spiro atoms. The van der Waals surface area contributed by atoms with Crippen molar-refractivity contribution in [3.8, 4) is 0 Å². The number of hydrogen-bond donors (Lipinski definition) is 1. The first-order chi connectivity index (χ1) is 13.4. The fraction of sp³-hybridized carbons (Fsp3) is 0.696. The van der Waals surface area contributed by atoms with Crippen LogP contribution >= 0.6 is 0 Å². The number of piperidine rings is 1. The molecule has 4 heteroatoms. The number of imidazole rings is 1. The zero-order valence-corrected chi connectivity index (χ0v) is 16.6. The summed E-state index contributed by atoms with van der Waals surface area (Å²) >= 11 is 0. The van der Waals surface area contributed by atoms with Gasteiger partial charge in [0.25, 0.3) is 0 Å². The minimum Gasteiger partial charge on any atom is -0.324 e. The lowest BCUT2D eigenvalue weighted by Gasteiger charge is -2.36. The molecule has 2 aliphatic heterocycles. The summed E-state index contributed by atoms with van der Waals surface area (Å²) in [6, 6.07) is 9.40. The zero-order valence-electron chi connectivity index (χ0n) is 16.6. The number of nitrogens with zero attached hydrogens (tertiary/aromatic N) is 3. The van der Waals surface area contributed by atoms with E-state index >= 15 is 0 Å². The Balaban J connectivity index is 1.32. The topological polar surface area (TPSA) is 33.1 Å². The van der Waals surface area contributed by atoms with E-state index in [1.165, 1.54) is 87.9 Å². The van der Waals surface area contributed by atoms with Crippen molar-refractivity contribution < 1.29 is 0 Å². The molecule has 2 saturated heterocycles. The molecule has 2 aromatic rings. The van der Waals surface area contributed by atoms with Gasteiger partial charge in [-0.2, -0.15) is 0 Å². The van der Waals surface area contributed by atoms with Crippen molar-refractivity contribution in [1.82, 2.24) is 19.8 Å². The summed E-state index contributed by atoms with van der Waals surface area (Å²) < 4.78 is 2.63. The summed E-state index contributed by atoms with van der Waals surface area (Å²) in [7, 11) is 0. The third-order valence-corrected chi connectivity index (χ3v) is 7.21. The van der Waals surface area contributed by atoms with Gasteiger partial charge in [0, 0.05) is 38.1 Å². The van der Waals surface area contributed by atoms with Gasteiger partial charge in [0.1, 0.15) is 5.82 Å². The second kappa shape index (κ2) is 7.92. The van der Waals surface area contributed by atoms with Gasteiger partial charge in [-0.25, -0.2) is 4.98 Å². The maximum Gasteiger partial charge on any atom is 0.114 e. The molecule has 0 amide bonds. The van der Waals surface area contributed by atoms with Crippen LogP contribution in [-0.4, -0.2) is 47.2 Å². The lowest BCUT2D eigenvalue weighted by molar-refractivity contribution is 0.147. The fourth-order valence-electron chi connectivity index (χ4n) is 5.70. The van der Waals surface area contributed by atoms with E-state index in [0.29, 0.717) is 12.0 Å². The number of para-hydroxylation sites is 2. The molecule has 1 unspecified atom stereocenters. The van der Waals surface area contributed by atoms with Crippen molar-refractivity contribution in [1.29, 1.82) is 0 Å². The number of benzene rings is 1. The van der Waals surface area contributed by atoms with Crippen molar-refractivity contribution in [3.05, 3.63) is 30.1 Å². The molecule has 3 fully saturated rings. The maximum atomic E-state index is 5.09. The number of nitrogens with one attached hydrogen (secondary N) is 1. The van der Waals surface area contributed by atoms with E-state index in [9.17, 15) is 0 Å². The summed E-state index contributed by atoms with van der Waals surface area (Å²) in [4.78, 5) is 7.84. The molecular weight excluding hydrogens is 332 g/mol. The summed E-state index contributed by atoms with van der Waals surface area (Å²) in [5.74, 6) is 2.88. The first-order valence-electron chi connectivity index (χ1n) is 11.3. The van der Waals surface area contributed by atoms with Gasteiger partial charge in [-0.1, -0.05) is 31.4 Å². The SMILES string of the molecule is c1ccc2c(c1)nc(C1CCNC1)n2C1CCN(CC2CCCCC2)CC1. The van der Waals surface area contributed by atoms with Crippen molar-refractivity contribution in [3.63, 3.8) is 0 Å². The lowest BCUT2D eigenvalue weighted by atomic mass is 9.88. The number of hydrogen-bond acceptors (Lipinski definition) is 3. The second-order valence-corrected chi connectivity index (χ2v) is 9.05. The monoisotopic (exact) mass is 366 g/mol. The highest BCUT2D eigenvalue weighted by Crippen LogP contribution is 2.34. The van der Waals surface area contributed by atoms with Gasteiger partial charge in [-0.15, -0.1) is 0 Å². The first-order valence-corrected chi connectivity index (χ1v) is 11.3. The van der Waals surface area contributed by atoms with Crippen LogP contribution in [-0.2, 0) is 0 Å². The van der Waals surface area contributed by atoms with Crippen molar-refractivity contribution >= 4 is 11.0 Å². The minimum absolute atomic E-state index is 0.581. The summed E-state index contributed by atoms with van der Waals surface area (Å²) in [5.41, 5.74) is 2.54. The Bertz CT molecular complexity index is 747. The predicted molar refractivity (Wildman–Crippen MR) is 111 cm³/mol. The Labute approximate surface area is 163 Å². The predicted octanol–water partition coefficient (Wildman–Crippen LogP) is 4.33. The molecule has 3 heterocycles. The van der Waals surface area contributed by atoms with Crippen molar-refractivity contribution in [2.24, 2.45) is 5.92 Å². The van der Waals surface area contributed by atoms with E-state index < -0.39 is 0 Å². The zero-order chi connectivity index (χ0) is 18.1. The normalized spacial score (nSPS) is 26.1. The smallest absolute Gasteiger partial charge is 0.114 e. The van der Waals surface area contributed by atoms with Crippen LogP contribution in [0.4, 0.5) is 0 Å². The molecule has 1 atom stereocenters. The first kappa shape index (κ1) is 17.7. The summed E-state index contributed by atoms with van der Waals surface area (Å²) in [6.45, 7) is 6.08. The van der Waals surface area contributed by atoms with Gasteiger partial charge in [-0.3, -0.25) is 0 Å². The molecule has 1 saturated carbocycles. The van der Waals surface area contributed by atoms with Gasteiger partial charge in [-0.05, 0) is 56.7 Å².